The normalized spacial score (nSPS) is 11.1. The topological polar surface area (TPSA) is 46.2 Å². The standard InChI is InChI=1S/C11H14ClNO2S/c1-3-4-7-16(14,15)13-11-8-9(2)5-6-10(11)12/h3,5-6,8,13H,1,4,7H2,2H3. The fourth-order valence-electron chi connectivity index (χ4n) is 1.17. The van der Waals surface area contributed by atoms with E-state index in [2.05, 4.69) is 11.3 Å². The van der Waals surface area contributed by atoms with E-state index in [4.69, 9.17) is 11.6 Å². The van der Waals surface area contributed by atoms with E-state index in [-0.39, 0.29) is 5.75 Å². The molecule has 0 amide bonds. The van der Waals surface area contributed by atoms with Crippen molar-refractivity contribution in [2.45, 2.75) is 13.3 Å². The van der Waals surface area contributed by atoms with Crippen LogP contribution < -0.4 is 4.72 Å². The van der Waals surface area contributed by atoms with Crippen LogP contribution in [-0.2, 0) is 10.0 Å². The van der Waals surface area contributed by atoms with Gasteiger partial charge in [-0.25, -0.2) is 8.42 Å². The van der Waals surface area contributed by atoms with Crippen LogP contribution in [0.1, 0.15) is 12.0 Å². The van der Waals surface area contributed by atoms with Crippen molar-refractivity contribution in [3.63, 3.8) is 0 Å². The molecular weight excluding hydrogens is 246 g/mol. The minimum absolute atomic E-state index is 0.0147. The van der Waals surface area contributed by atoms with E-state index >= 15 is 0 Å². The minimum atomic E-state index is -3.34. The van der Waals surface area contributed by atoms with E-state index in [1.807, 2.05) is 13.0 Å². The van der Waals surface area contributed by atoms with Crippen LogP contribution >= 0.6 is 11.6 Å². The molecule has 0 unspecified atom stereocenters. The third kappa shape index (κ3) is 3.87. The third-order valence-electron chi connectivity index (χ3n) is 1.98. The Balaban J connectivity index is 2.87. The summed E-state index contributed by atoms with van der Waals surface area (Å²) in [4.78, 5) is 0. The van der Waals surface area contributed by atoms with Crippen LogP contribution in [0.5, 0.6) is 0 Å². The number of halogens is 1. The summed E-state index contributed by atoms with van der Waals surface area (Å²) in [7, 11) is -3.34. The van der Waals surface area contributed by atoms with Gasteiger partial charge in [-0.05, 0) is 31.0 Å². The molecule has 0 spiro atoms. The van der Waals surface area contributed by atoms with Crippen molar-refractivity contribution in [3.05, 3.63) is 41.4 Å². The monoisotopic (exact) mass is 259 g/mol. The highest BCUT2D eigenvalue weighted by atomic mass is 35.5. The van der Waals surface area contributed by atoms with Gasteiger partial charge in [0.15, 0.2) is 0 Å². The second-order valence-corrected chi connectivity index (χ2v) is 5.73. The lowest BCUT2D eigenvalue weighted by Gasteiger charge is -2.09. The average Bonchev–Trinajstić information content (AvgIpc) is 2.20. The van der Waals surface area contributed by atoms with E-state index in [9.17, 15) is 8.42 Å². The van der Waals surface area contributed by atoms with Gasteiger partial charge in [0.25, 0.3) is 0 Å². The van der Waals surface area contributed by atoms with Crippen molar-refractivity contribution < 1.29 is 8.42 Å². The highest BCUT2D eigenvalue weighted by molar-refractivity contribution is 7.92. The van der Waals surface area contributed by atoms with Crippen molar-refractivity contribution in [3.8, 4) is 0 Å². The molecule has 0 heterocycles. The lowest BCUT2D eigenvalue weighted by molar-refractivity contribution is 0.601. The number of benzene rings is 1. The molecule has 0 fully saturated rings. The molecule has 1 aromatic rings. The van der Waals surface area contributed by atoms with Crippen LogP contribution in [-0.4, -0.2) is 14.2 Å². The molecule has 0 aliphatic carbocycles. The van der Waals surface area contributed by atoms with Crippen LogP contribution in [0.4, 0.5) is 5.69 Å². The molecule has 0 aliphatic rings. The van der Waals surface area contributed by atoms with Crippen molar-refractivity contribution in [2.75, 3.05) is 10.5 Å². The Morgan fingerprint density at radius 1 is 1.50 bits per heavy atom. The molecule has 0 saturated carbocycles. The maximum absolute atomic E-state index is 11.6. The summed E-state index contributed by atoms with van der Waals surface area (Å²) in [5, 5.41) is 0.396. The van der Waals surface area contributed by atoms with E-state index < -0.39 is 10.0 Å². The zero-order valence-corrected chi connectivity index (χ0v) is 10.6. The smallest absolute Gasteiger partial charge is 0.233 e. The van der Waals surface area contributed by atoms with Crippen LogP contribution in [0.15, 0.2) is 30.9 Å². The number of hydrogen-bond acceptors (Lipinski definition) is 2. The molecule has 0 saturated heterocycles. The first-order chi connectivity index (χ1) is 7.44. The van der Waals surface area contributed by atoms with Gasteiger partial charge in [0.1, 0.15) is 0 Å². The van der Waals surface area contributed by atoms with Gasteiger partial charge in [-0.2, -0.15) is 0 Å². The second-order valence-electron chi connectivity index (χ2n) is 3.48. The number of allylic oxidation sites excluding steroid dienone is 1. The van der Waals surface area contributed by atoms with Gasteiger partial charge in [0.05, 0.1) is 16.5 Å². The van der Waals surface area contributed by atoms with Crippen LogP contribution in [0.3, 0.4) is 0 Å². The molecule has 0 aromatic heterocycles. The number of anilines is 1. The van der Waals surface area contributed by atoms with Gasteiger partial charge in [-0.3, -0.25) is 4.72 Å². The zero-order valence-electron chi connectivity index (χ0n) is 9.03. The molecule has 1 rings (SSSR count). The van der Waals surface area contributed by atoms with Gasteiger partial charge in [-0.15, -0.1) is 6.58 Å². The van der Waals surface area contributed by atoms with Crippen molar-refractivity contribution >= 4 is 27.3 Å². The number of hydrogen-bond donors (Lipinski definition) is 1. The quantitative estimate of drug-likeness (QED) is 0.827. The predicted octanol–water partition coefficient (Wildman–Crippen LogP) is 2.97. The fourth-order valence-corrected chi connectivity index (χ4v) is 2.48. The Morgan fingerprint density at radius 2 is 2.19 bits per heavy atom. The average molecular weight is 260 g/mol. The molecule has 5 heteroatoms. The molecule has 88 valence electrons. The molecule has 0 atom stereocenters. The number of rotatable bonds is 5. The fraction of sp³-hybridized carbons (Fsp3) is 0.273. The Bertz CT molecular complexity index is 483. The largest absolute Gasteiger partial charge is 0.282 e. The molecule has 16 heavy (non-hydrogen) atoms. The summed E-state index contributed by atoms with van der Waals surface area (Å²) in [5.74, 6) is 0.0147. The minimum Gasteiger partial charge on any atom is -0.282 e. The van der Waals surface area contributed by atoms with Crippen molar-refractivity contribution in [2.24, 2.45) is 0 Å². The Labute approximate surface area is 101 Å². The molecule has 0 bridgehead atoms. The van der Waals surface area contributed by atoms with Gasteiger partial charge in [0.2, 0.25) is 10.0 Å². The first-order valence-electron chi connectivity index (χ1n) is 4.82. The number of nitrogens with one attached hydrogen (secondary N) is 1. The highest BCUT2D eigenvalue weighted by Crippen LogP contribution is 2.23. The summed E-state index contributed by atoms with van der Waals surface area (Å²) >= 11 is 5.89. The van der Waals surface area contributed by atoms with Gasteiger partial charge >= 0.3 is 0 Å². The van der Waals surface area contributed by atoms with Crippen molar-refractivity contribution in [1.82, 2.24) is 0 Å². The predicted molar refractivity (Wildman–Crippen MR) is 68.4 cm³/mol. The maximum atomic E-state index is 11.6. The summed E-state index contributed by atoms with van der Waals surface area (Å²) in [6, 6.07) is 5.19. The van der Waals surface area contributed by atoms with E-state index in [0.29, 0.717) is 17.1 Å². The molecular formula is C11H14ClNO2S. The summed E-state index contributed by atoms with van der Waals surface area (Å²) in [6.07, 6.45) is 1.98. The van der Waals surface area contributed by atoms with Crippen LogP contribution in [0.25, 0.3) is 0 Å². The molecule has 1 aromatic carbocycles. The Kier molecular flexibility index (Phi) is 4.38. The Morgan fingerprint density at radius 3 is 2.81 bits per heavy atom. The van der Waals surface area contributed by atoms with E-state index in [1.165, 1.54) is 0 Å². The molecule has 0 aliphatic heterocycles. The third-order valence-corrected chi connectivity index (χ3v) is 3.61. The van der Waals surface area contributed by atoms with Crippen LogP contribution in [0.2, 0.25) is 5.02 Å². The molecule has 3 nitrogen and oxygen atoms in total. The second kappa shape index (κ2) is 5.37. The first kappa shape index (κ1) is 13.1. The SMILES string of the molecule is C=CCCS(=O)(=O)Nc1cc(C)ccc1Cl. The summed E-state index contributed by atoms with van der Waals surface area (Å²) in [5.41, 5.74) is 1.37. The maximum Gasteiger partial charge on any atom is 0.233 e. The highest BCUT2D eigenvalue weighted by Gasteiger charge is 2.11. The summed E-state index contributed by atoms with van der Waals surface area (Å²) < 4.78 is 25.7. The lowest BCUT2D eigenvalue weighted by Crippen LogP contribution is -2.16. The first-order valence-corrected chi connectivity index (χ1v) is 6.85. The lowest BCUT2D eigenvalue weighted by atomic mass is 10.2. The van der Waals surface area contributed by atoms with E-state index in [1.54, 1.807) is 18.2 Å². The zero-order chi connectivity index (χ0) is 12.2. The van der Waals surface area contributed by atoms with Crippen LogP contribution in [0, 0.1) is 6.92 Å². The summed E-state index contributed by atoms with van der Waals surface area (Å²) in [6.45, 7) is 5.36. The van der Waals surface area contributed by atoms with Crippen molar-refractivity contribution in [1.29, 1.82) is 0 Å². The number of aryl methyl sites for hydroxylation is 1. The number of sulfonamides is 1. The Hall–Kier alpha value is -1.00. The van der Waals surface area contributed by atoms with Gasteiger partial charge in [0, 0.05) is 0 Å². The van der Waals surface area contributed by atoms with Gasteiger partial charge < -0.3 is 0 Å². The van der Waals surface area contributed by atoms with E-state index in [0.717, 1.165) is 5.56 Å². The molecule has 1 N–H and O–H groups in total. The van der Waals surface area contributed by atoms with Gasteiger partial charge in [-0.1, -0.05) is 23.7 Å². The molecule has 0 radical (unpaired) electrons.